The summed E-state index contributed by atoms with van der Waals surface area (Å²) >= 11 is 0. The van der Waals surface area contributed by atoms with E-state index in [1.165, 1.54) is 0 Å². The van der Waals surface area contributed by atoms with Crippen LogP contribution in [0.25, 0.3) is 10.9 Å². The summed E-state index contributed by atoms with van der Waals surface area (Å²) in [6.45, 7) is 6.14. The summed E-state index contributed by atoms with van der Waals surface area (Å²) in [7, 11) is 3.30. The van der Waals surface area contributed by atoms with Crippen molar-refractivity contribution in [3.05, 3.63) is 117 Å². The predicted molar refractivity (Wildman–Crippen MR) is 154 cm³/mol. The number of nitrogens with zero attached hydrogens (tertiary/aromatic N) is 5. The number of aromatic nitrogens is 5. The van der Waals surface area contributed by atoms with E-state index in [2.05, 4.69) is 50.5 Å². The van der Waals surface area contributed by atoms with E-state index in [1.807, 2.05) is 61.5 Å². The molecule has 9 heteroatoms. The fraction of sp³-hybridized carbons (Fsp3) is 0.290. The lowest BCUT2D eigenvalue weighted by Crippen LogP contribution is -2.35. The summed E-state index contributed by atoms with van der Waals surface area (Å²) in [5, 5.41) is 13.7. The van der Waals surface area contributed by atoms with Gasteiger partial charge in [0.2, 0.25) is 0 Å². The van der Waals surface area contributed by atoms with E-state index in [-0.39, 0.29) is 5.56 Å². The third kappa shape index (κ3) is 5.95. The summed E-state index contributed by atoms with van der Waals surface area (Å²) in [6.07, 6.45) is 0. The molecule has 0 radical (unpaired) electrons. The Morgan fingerprint density at radius 1 is 0.925 bits per heavy atom. The Labute approximate surface area is 233 Å². The molecule has 0 aliphatic heterocycles. The number of hydrogen-bond acceptors (Lipinski definition) is 7. The number of H-pyrrole nitrogens is 1. The largest absolute Gasteiger partial charge is 0.497 e. The molecule has 0 unspecified atom stereocenters. The summed E-state index contributed by atoms with van der Waals surface area (Å²) in [5.41, 5.74) is 5.68. The minimum atomic E-state index is -0.538. The molecule has 2 heterocycles. The third-order valence-electron chi connectivity index (χ3n) is 7.23. The van der Waals surface area contributed by atoms with Gasteiger partial charge in [-0.1, -0.05) is 42.5 Å². The number of rotatable bonds is 11. The molecule has 0 saturated carbocycles. The minimum Gasteiger partial charge on any atom is -0.497 e. The van der Waals surface area contributed by atoms with Crippen LogP contribution < -0.4 is 10.3 Å². The summed E-state index contributed by atoms with van der Waals surface area (Å²) in [5.74, 6) is 1.37. The number of methoxy groups -OCH3 is 2. The van der Waals surface area contributed by atoms with Gasteiger partial charge in [-0.05, 0) is 82.2 Å². The van der Waals surface area contributed by atoms with Crippen molar-refractivity contribution in [2.75, 3.05) is 20.8 Å². The number of pyridine rings is 1. The molecule has 5 aromatic rings. The molecule has 5 rings (SSSR count). The van der Waals surface area contributed by atoms with Crippen molar-refractivity contribution < 1.29 is 9.47 Å². The van der Waals surface area contributed by atoms with Crippen molar-refractivity contribution >= 4 is 10.9 Å². The van der Waals surface area contributed by atoms with Crippen molar-refractivity contribution in [2.24, 2.45) is 0 Å². The van der Waals surface area contributed by atoms with Gasteiger partial charge >= 0.3 is 0 Å². The molecule has 1 N–H and O–H groups in total. The topological polar surface area (TPSA) is 98.2 Å². The van der Waals surface area contributed by atoms with Crippen LogP contribution in [0.2, 0.25) is 0 Å². The molecule has 9 nitrogen and oxygen atoms in total. The highest BCUT2D eigenvalue weighted by Crippen LogP contribution is 2.31. The molecule has 0 saturated heterocycles. The molecule has 40 heavy (non-hydrogen) atoms. The zero-order valence-electron chi connectivity index (χ0n) is 23.3. The Bertz CT molecular complexity index is 1630. The van der Waals surface area contributed by atoms with Crippen LogP contribution in [0.3, 0.4) is 0 Å². The Morgan fingerprint density at radius 2 is 1.62 bits per heavy atom. The molecule has 2 aromatic heterocycles. The lowest BCUT2D eigenvalue weighted by Gasteiger charge is -2.31. The van der Waals surface area contributed by atoms with Crippen LogP contribution in [0.4, 0.5) is 0 Å². The fourth-order valence-corrected chi connectivity index (χ4v) is 4.96. The molecule has 0 bridgehead atoms. The van der Waals surface area contributed by atoms with Gasteiger partial charge in [-0.3, -0.25) is 9.69 Å². The molecule has 3 aromatic carbocycles. The first-order chi connectivity index (χ1) is 19.5. The van der Waals surface area contributed by atoms with E-state index in [0.717, 1.165) is 38.9 Å². The van der Waals surface area contributed by atoms with Gasteiger partial charge in [0.25, 0.3) is 5.56 Å². The molecule has 0 fully saturated rings. The molecule has 0 amide bonds. The van der Waals surface area contributed by atoms with E-state index in [1.54, 1.807) is 18.9 Å². The minimum absolute atomic E-state index is 0.171. The van der Waals surface area contributed by atoms with E-state index in [0.29, 0.717) is 37.6 Å². The number of ether oxygens (including phenoxy) is 2. The number of aromatic amines is 1. The molecule has 1 atom stereocenters. The standard InChI is InChI=1S/C31H34N6O3/c1-21-16-25-18-27(31(38)32-28(25)17-22(21)2)29(30-33-34-35-37(30)14-15-39-3)36(19-23-8-6-5-7-9-23)20-24-10-12-26(40-4)13-11-24/h5-13,16-18,29H,14-15,19-20H2,1-4H3,(H,32,38)/t29-/m1/s1. The van der Waals surface area contributed by atoms with Crippen molar-refractivity contribution in [3.8, 4) is 5.75 Å². The second-order valence-electron chi connectivity index (χ2n) is 9.97. The number of hydrogen-bond donors (Lipinski definition) is 1. The van der Waals surface area contributed by atoms with Gasteiger partial charge < -0.3 is 14.5 Å². The quantitative estimate of drug-likeness (QED) is 0.263. The maximum atomic E-state index is 13.8. The highest BCUT2D eigenvalue weighted by atomic mass is 16.5. The maximum Gasteiger partial charge on any atom is 0.253 e. The maximum absolute atomic E-state index is 13.8. The van der Waals surface area contributed by atoms with Crippen molar-refractivity contribution in [2.45, 2.75) is 39.5 Å². The smallest absolute Gasteiger partial charge is 0.253 e. The Balaban J connectivity index is 1.68. The van der Waals surface area contributed by atoms with Gasteiger partial charge in [-0.15, -0.1) is 5.10 Å². The number of benzene rings is 3. The Hall–Kier alpha value is -4.34. The zero-order chi connectivity index (χ0) is 28.1. The van der Waals surface area contributed by atoms with Gasteiger partial charge in [0.15, 0.2) is 5.82 Å². The number of tetrazole rings is 1. The Kier molecular flexibility index (Phi) is 8.33. The Morgan fingerprint density at radius 3 is 2.33 bits per heavy atom. The van der Waals surface area contributed by atoms with E-state index in [9.17, 15) is 4.79 Å². The van der Waals surface area contributed by atoms with Gasteiger partial charge in [0.05, 0.1) is 20.3 Å². The van der Waals surface area contributed by atoms with Crippen molar-refractivity contribution in [1.29, 1.82) is 0 Å². The molecular weight excluding hydrogens is 504 g/mol. The highest BCUT2D eigenvalue weighted by molar-refractivity contribution is 5.81. The first-order valence-electron chi connectivity index (χ1n) is 13.3. The molecule has 0 spiro atoms. The van der Waals surface area contributed by atoms with Crippen LogP contribution in [0.1, 0.15) is 39.7 Å². The van der Waals surface area contributed by atoms with Crippen LogP contribution in [-0.4, -0.2) is 50.9 Å². The monoisotopic (exact) mass is 538 g/mol. The predicted octanol–water partition coefficient (Wildman–Crippen LogP) is 4.58. The van der Waals surface area contributed by atoms with Crippen LogP contribution in [-0.2, 0) is 24.4 Å². The van der Waals surface area contributed by atoms with E-state index < -0.39 is 6.04 Å². The van der Waals surface area contributed by atoms with Crippen LogP contribution in [0, 0.1) is 13.8 Å². The van der Waals surface area contributed by atoms with Gasteiger partial charge in [-0.2, -0.15) is 0 Å². The first-order valence-corrected chi connectivity index (χ1v) is 13.3. The average Bonchev–Trinajstić information content (AvgIpc) is 3.42. The first kappa shape index (κ1) is 27.2. The fourth-order valence-electron chi connectivity index (χ4n) is 4.96. The average molecular weight is 539 g/mol. The van der Waals surface area contributed by atoms with Gasteiger partial charge in [0, 0.05) is 31.3 Å². The summed E-state index contributed by atoms with van der Waals surface area (Å²) < 4.78 is 12.4. The summed E-state index contributed by atoms with van der Waals surface area (Å²) in [6, 6.07) is 23.8. The van der Waals surface area contributed by atoms with Crippen LogP contribution >= 0.6 is 0 Å². The SMILES string of the molecule is COCCn1nnnc1[C@@H](c1cc2cc(C)c(C)cc2[nH]c1=O)N(Cc1ccccc1)Cc1ccc(OC)cc1. The van der Waals surface area contributed by atoms with Crippen molar-refractivity contribution in [1.82, 2.24) is 30.1 Å². The number of aryl methyl sites for hydroxylation is 2. The van der Waals surface area contributed by atoms with Gasteiger partial charge in [0.1, 0.15) is 11.8 Å². The molecular formula is C31H34N6O3. The van der Waals surface area contributed by atoms with Crippen LogP contribution in [0.5, 0.6) is 5.75 Å². The molecule has 206 valence electrons. The van der Waals surface area contributed by atoms with E-state index >= 15 is 0 Å². The van der Waals surface area contributed by atoms with E-state index in [4.69, 9.17) is 9.47 Å². The normalized spacial score (nSPS) is 12.2. The molecule has 0 aliphatic carbocycles. The second kappa shape index (κ2) is 12.2. The number of fused-ring (bicyclic) bond motifs is 1. The molecule has 0 aliphatic rings. The van der Waals surface area contributed by atoms with Crippen LogP contribution in [0.15, 0.2) is 77.6 Å². The third-order valence-corrected chi connectivity index (χ3v) is 7.23. The van der Waals surface area contributed by atoms with Crippen molar-refractivity contribution in [3.63, 3.8) is 0 Å². The zero-order valence-corrected chi connectivity index (χ0v) is 23.3. The van der Waals surface area contributed by atoms with Gasteiger partial charge in [-0.25, -0.2) is 4.68 Å². The lowest BCUT2D eigenvalue weighted by molar-refractivity contribution is 0.169. The second-order valence-corrected chi connectivity index (χ2v) is 9.97. The summed E-state index contributed by atoms with van der Waals surface area (Å²) in [4.78, 5) is 19.2. The lowest BCUT2D eigenvalue weighted by atomic mass is 9.99. The highest BCUT2D eigenvalue weighted by Gasteiger charge is 2.31. The number of nitrogens with one attached hydrogen (secondary N) is 1.